The maximum absolute atomic E-state index is 13.3. The molecule has 3 aromatic rings. The molecule has 0 aliphatic carbocycles. The summed E-state index contributed by atoms with van der Waals surface area (Å²) in [5.74, 6) is -0.325. The predicted octanol–water partition coefficient (Wildman–Crippen LogP) is 3.81. The first-order valence-electron chi connectivity index (χ1n) is 10.8. The van der Waals surface area contributed by atoms with E-state index in [-0.39, 0.29) is 29.0 Å². The number of nitrogens with zero attached hydrogens (tertiary/aromatic N) is 4. The molecule has 0 fully saturated rings. The van der Waals surface area contributed by atoms with E-state index in [1.807, 2.05) is 13.8 Å². The second kappa shape index (κ2) is 8.93. The van der Waals surface area contributed by atoms with Crippen LogP contribution in [-0.2, 0) is 16.3 Å². The summed E-state index contributed by atoms with van der Waals surface area (Å²) < 4.78 is 38.9. The molecule has 33 heavy (non-hydrogen) atoms. The predicted molar refractivity (Wildman–Crippen MR) is 123 cm³/mol. The van der Waals surface area contributed by atoms with E-state index in [0.717, 1.165) is 24.1 Å². The highest BCUT2D eigenvalue weighted by Gasteiger charge is 2.35. The average molecular weight is 472 g/mol. The van der Waals surface area contributed by atoms with Crippen molar-refractivity contribution >= 4 is 21.6 Å². The van der Waals surface area contributed by atoms with Gasteiger partial charge in [0.15, 0.2) is 14.9 Å². The third kappa shape index (κ3) is 4.61. The van der Waals surface area contributed by atoms with E-state index in [2.05, 4.69) is 15.4 Å². The highest BCUT2D eigenvalue weighted by molar-refractivity contribution is 7.90. The van der Waals surface area contributed by atoms with Crippen molar-refractivity contribution in [1.29, 1.82) is 0 Å². The lowest BCUT2D eigenvalue weighted by molar-refractivity contribution is 0.240. The van der Waals surface area contributed by atoms with E-state index in [4.69, 9.17) is 0 Å². The number of fused-ring (bicyclic) bond motifs is 1. The number of anilines is 1. The number of halogens is 1. The number of benzene rings is 1. The van der Waals surface area contributed by atoms with Gasteiger partial charge < -0.3 is 5.32 Å². The topological polar surface area (TPSA) is 97.2 Å². The Balaban J connectivity index is 1.60. The molecule has 174 valence electrons. The Bertz CT molecular complexity index is 1270. The molecule has 2 atom stereocenters. The zero-order valence-electron chi connectivity index (χ0n) is 18.7. The molecular weight excluding hydrogens is 445 g/mol. The van der Waals surface area contributed by atoms with Gasteiger partial charge in [-0.25, -0.2) is 27.3 Å². The average Bonchev–Trinajstić information content (AvgIpc) is 3.31. The van der Waals surface area contributed by atoms with Gasteiger partial charge in [0.05, 0.1) is 29.3 Å². The van der Waals surface area contributed by atoms with Gasteiger partial charge in [-0.2, -0.15) is 5.10 Å². The van der Waals surface area contributed by atoms with Gasteiger partial charge in [0, 0.05) is 24.9 Å². The maximum atomic E-state index is 13.3. The fourth-order valence-electron chi connectivity index (χ4n) is 4.15. The van der Waals surface area contributed by atoms with Crippen LogP contribution in [0.5, 0.6) is 0 Å². The van der Waals surface area contributed by atoms with Crippen LogP contribution in [0.25, 0.3) is 5.69 Å². The SMILES string of the molecule is CCCC(NC(=O)N1c2cnn(-c3ccc(F)cc3)c2CC1C)c1ccnc(S(C)(=O)=O)c1. The van der Waals surface area contributed by atoms with Crippen LogP contribution >= 0.6 is 0 Å². The maximum Gasteiger partial charge on any atom is 0.322 e. The van der Waals surface area contributed by atoms with Crippen LogP contribution in [0.1, 0.15) is 44.0 Å². The fourth-order valence-corrected chi connectivity index (χ4v) is 4.76. The van der Waals surface area contributed by atoms with Gasteiger partial charge in [0.1, 0.15) is 5.82 Å². The molecule has 2 amide bonds. The lowest BCUT2D eigenvalue weighted by atomic mass is 10.0. The molecule has 0 bridgehead atoms. The molecule has 3 heterocycles. The summed E-state index contributed by atoms with van der Waals surface area (Å²) in [6.45, 7) is 3.96. The molecule has 1 aliphatic heterocycles. The summed E-state index contributed by atoms with van der Waals surface area (Å²) in [6.07, 6.45) is 6.24. The van der Waals surface area contributed by atoms with Crippen molar-refractivity contribution in [3.63, 3.8) is 0 Å². The van der Waals surface area contributed by atoms with Crippen LogP contribution in [0.4, 0.5) is 14.9 Å². The standard InChI is InChI=1S/C23H26FN5O3S/c1-4-5-19(16-10-11-25-22(13-16)33(3,31)32)27-23(30)28-15(2)12-20-21(28)14-26-29(20)18-8-6-17(24)7-9-18/h6-11,13-15,19H,4-5,12H2,1-3H3,(H,27,30). The smallest absolute Gasteiger partial charge is 0.322 e. The molecule has 2 unspecified atom stereocenters. The zero-order valence-corrected chi connectivity index (χ0v) is 19.5. The van der Waals surface area contributed by atoms with Gasteiger partial charge in [0.2, 0.25) is 0 Å². The second-order valence-electron chi connectivity index (χ2n) is 8.28. The molecule has 8 nitrogen and oxygen atoms in total. The number of aromatic nitrogens is 3. The van der Waals surface area contributed by atoms with Gasteiger partial charge in [-0.3, -0.25) is 4.90 Å². The van der Waals surface area contributed by atoms with Crippen molar-refractivity contribution in [1.82, 2.24) is 20.1 Å². The molecule has 0 spiro atoms. The number of carbonyl (C=O) groups excluding carboxylic acids is 1. The van der Waals surface area contributed by atoms with Gasteiger partial charge in [-0.1, -0.05) is 13.3 Å². The molecule has 0 radical (unpaired) electrons. The Hall–Kier alpha value is -3.27. The summed E-state index contributed by atoms with van der Waals surface area (Å²) in [7, 11) is -3.46. The van der Waals surface area contributed by atoms with E-state index in [9.17, 15) is 17.6 Å². The number of nitrogens with one attached hydrogen (secondary N) is 1. The van der Waals surface area contributed by atoms with Crippen LogP contribution in [0.2, 0.25) is 0 Å². The first-order chi connectivity index (χ1) is 15.7. The Morgan fingerprint density at radius 2 is 2.00 bits per heavy atom. The van der Waals surface area contributed by atoms with Gasteiger partial charge in [0.25, 0.3) is 0 Å². The molecule has 0 saturated carbocycles. The zero-order chi connectivity index (χ0) is 23.8. The van der Waals surface area contributed by atoms with Crippen LogP contribution < -0.4 is 10.2 Å². The van der Waals surface area contributed by atoms with Crippen molar-refractivity contribution in [3.05, 3.63) is 65.9 Å². The van der Waals surface area contributed by atoms with Crippen LogP contribution in [0.15, 0.2) is 53.8 Å². The third-order valence-corrected chi connectivity index (χ3v) is 6.73. The molecular formula is C23H26FN5O3S. The van der Waals surface area contributed by atoms with E-state index < -0.39 is 9.84 Å². The number of carbonyl (C=O) groups is 1. The summed E-state index contributed by atoms with van der Waals surface area (Å²) in [5, 5.41) is 7.45. The molecule has 10 heteroatoms. The Kier molecular flexibility index (Phi) is 6.20. The minimum absolute atomic E-state index is 0.0206. The summed E-state index contributed by atoms with van der Waals surface area (Å²) in [6, 6.07) is 8.54. The van der Waals surface area contributed by atoms with Crippen molar-refractivity contribution in [2.24, 2.45) is 0 Å². The van der Waals surface area contributed by atoms with Gasteiger partial charge in [-0.05, 0) is 55.3 Å². The van der Waals surface area contributed by atoms with E-state index in [1.165, 1.54) is 24.4 Å². The van der Waals surface area contributed by atoms with E-state index in [1.54, 1.807) is 34.0 Å². The first-order valence-corrected chi connectivity index (χ1v) is 12.7. The molecule has 2 aromatic heterocycles. The first kappa shape index (κ1) is 22.9. The van der Waals surface area contributed by atoms with Gasteiger partial charge >= 0.3 is 6.03 Å². The Morgan fingerprint density at radius 1 is 1.27 bits per heavy atom. The normalized spacial score (nSPS) is 16.5. The van der Waals surface area contributed by atoms with Crippen molar-refractivity contribution in [2.45, 2.75) is 50.2 Å². The van der Waals surface area contributed by atoms with Crippen LogP contribution in [0.3, 0.4) is 0 Å². The number of amides is 2. The minimum Gasteiger partial charge on any atom is -0.331 e. The summed E-state index contributed by atoms with van der Waals surface area (Å²) in [5.41, 5.74) is 2.99. The molecule has 1 aromatic carbocycles. The summed E-state index contributed by atoms with van der Waals surface area (Å²) >= 11 is 0. The van der Waals surface area contributed by atoms with Crippen LogP contribution in [0, 0.1) is 5.82 Å². The van der Waals surface area contributed by atoms with Crippen molar-refractivity contribution in [2.75, 3.05) is 11.2 Å². The number of sulfone groups is 1. The van der Waals surface area contributed by atoms with Gasteiger partial charge in [-0.15, -0.1) is 0 Å². The van der Waals surface area contributed by atoms with Crippen molar-refractivity contribution in [3.8, 4) is 5.69 Å². The lowest BCUT2D eigenvalue weighted by Crippen LogP contribution is -2.44. The highest BCUT2D eigenvalue weighted by atomic mass is 32.2. The van der Waals surface area contributed by atoms with Crippen LogP contribution in [-0.4, -0.2) is 41.5 Å². The van der Waals surface area contributed by atoms with Crippen molar-refractivity contribution < 1.29 is 17.6 Å². The van der Waals surface area contributed by atoms with E-state index in [0.29, 0.717) is 24.1 Å². The lowest BCUT2D eigenvalue weighted by Gasteiger charge is -2.26. The third-order valence-electron chi connectivity index (χ3n) is 5.74. The molecule has 0 saturated heterocycles. The summed E-state index contributed by atoms with van der Waals surface area (Å²) in [4.78, 5) is 19.0. The Morgan fingerprint density at radius 3 is 2.67 bits per heavy atom. The number of rotatable bonds is 6. The molecule has 4 rings (SSSR count). The fraction of sp³-hybridized carbons (Fsp3) is 0.348. The minimum atomic E-state index is -3.46. The molecule has 1 aliphatic rings. The highest BCUT2D eigenvalue weighted by Crippen LogP contribution is 2.34. The van der Waals surface area contributed by atoms with E-state index >= 15 is 0 Å². The largest absolute Gasteiger partial charge is 0.331 e. The second-order valence-corrected chi connectivity index (χ2v) is 10.2. The quantitative estimate of drug-likeness (QED) is 0.590. The molecule has 1 N–H and O–H groups in total. The monoisotopic (exact) mass is 471 g/mol. The Labute approximate surface area is 192 Å². The number of hydrogen-bond donors (Lipinski definition) is 1. The number of hydrogen-bond acceptors (Lipinski definition) is 5. The number of pyridine rings is 1. The number of urea groups is 1.